The molecule has 0 spiro atoms. The highest BCUT2D eigenvalue weighted by molar-refractivity contribution is 7.13. The zero-order valence-corrected chi connectivity index (χ0v) is 15.1. The lowest BCUT2D eigenvalue weighted by Crippen LogP contribution is -2.10. The summed E-state index contributed by atoms with van der Waals surface area (Å²) in [5.74, 6) is 0.104. The number of hydrogen-bond donors (Lipinski definition) is 0. The number of aromatic nitrogens is 1. The maximum atomic E-state index is 13.0. The van der Waals surface area contributed by atoms with Gasteiger partial charge in [-0.05, 0) is 43.3 Å². The van der Waals surface area contributed by atoms with Gasteiger partial charge in [0.15, 0.2) is 0 Å². The normalized spacial score (nSPS) is 10.5. The number of halogens is 1. The molecule has 1 aromatic heterocycles. The van der Waals surface area contributed by atoms with Crippen molar-refractivity contribution in [3.63, 3.8) is 0 Å². The molecule has 26 heavy (non-hydrogen) atoms. The fourth-order valence-corrected chi connectivity index (χ4v) is 3.02. The Bertz CT molecular complexity index is 860. The third-order valence-electron chi connectivity index (χ3n) is 3.62. The van der Waals surface area contributed by atoms with Crippen molar-refractivity contribution in [2.75, 3.05) is 6.61 Å². The maximum absolute atomic E-state index is 13.0. The molecule has 3 aromatic rings. The predicted molar refractivity (Wildman–Crippen MR) is 98.6 cm³/mol. The SMILES string of the molecule is Cc1ccc(OCCC(=O)OCc2csc(-c3ccc(F)cc3)n2)cc1. The van der Waals surface area contributed by atoms with E-state index in [0.717, 1.165) is 21.9 Å². The minimum atomic E-state index is -0.339. The largest absolute Gasteiger partial charge is 0.493 e. The van der Waals surface area contributed by atoms with Crippen molar-refractivity contribution in [3.05, 3.63) is 71.0 Å². The van der Waals surface area contributed by atoms with Gasteiger partial charge in [-0.25, -0.2) is 9.37 Å². The molecule has 3 rings (SSSR count). The van der Waals surface area contributed by atoms with Gasteiger partial charge in [-0.15, -0.1) is 11.3 Å². The summed E-state index contributed by atoms with van der Waals surface area (Å²) < 4.78 is 23.7. The molecule has 0 atom stereocenters. The van der Waals surface area contributed by atoms with E-state index in [1.54, 1.807) is 12.1 Å². The van der Waals surface area contributed by atoms with E-state index in [0.29, 0.717) is 5.69 Å². The Balaban J connectivity index is 1.43. The van der Waals surface area contributed by atoms with Gasteiger partial charge >= 0.3 is 5.97 Å². The van der Waals surface area contributed by atoms with Gasteiger partial charge < -0.3 is 9.47 Å². The lowest BCUT2D eigenvalue weighted by atomic mass is 10.2. The number of hydrogen-bond acceptors (Lipinski definition) is 5. The molecule has 1 heterocycles. The van der Waals surface area contributed by atoms with Crippen molar-refractivity contribution in [2.24, 2.45) is 0 Å². The summed E-state index contributed by atoms with van der Waals surface area (Å²) in [6, 6.07) is 13.8. The number of carbonyl (C=O) groups is 1. The van der Waals surface area contributed by atoms with Crippen molar-refractivity contribution in [1.82, 2.24) is 4.98 Å². The Labute approximate surface area is 155 Å². The molecule has 134 valence electrons. The number of esters is 1. The Morgan fingerprint density at radius 2 is 1.85 bits per heavy atom. The van der Waals surface area contributed by atoms with Crippen LogP contribution in [0.3, 0.4) is 0 Å². The monoisotopic (exact) mass is 371 g/mol. The molecular formula is C20H18FNO3S. The molecule has 0 aliphatic carbocycles. The molecule has 0 N–H and O–H groups in total. The summed E-state index contributed by atoms with van der Waals surface area (Å²) in [5.41, 5.74) is 2.66. The molecule has 0 amide bonds. The van der Waals surface area contributed by atoms with Crippen LogP contribution in [-0.2, 0) is 16.1 Å². The molecule has 0 bridgehead atoms. The van der Waals surface area contributed by atoms with Crippen molar-refractivity contribution in [2.45, 2.75) is 20.0 Å². The molecule has 0 aliphatic rings. The average molecular weight is 371 g/mol. The second-order valence-corrected chi connectivity index (χ2v) is 6.58. The van der Waals surface area contributed by atoms with Crippen LogP contribution in [0.1, 0.15) is 17.7 Å². The van der Waals surface area contributed by atoms with Gasteiger partial charge in [-0.2, -0.15) is 0 Å². The second-order valence-electron chi connectivity index (χ2n) is 5.72. The molecule has 0 unspecified atom stereocenters. The van der Waals surface area contributed by atoms with Gasteiger partial charge in [-0.1, -0.05) is 17.7 Å². The highest BCUT2D eigenvalue weighted by Crippen LogP contribution is 2.24. The van der Waals surface area contributed by atoms with Gasteiger partial charge in [0, 0.05) is 10.9 Å². The minimum Gasteiger partial charge on any atom is -0.493 e. The summed E-state index contributed by atoms with van der Waals surface area (Å²) >= 11 is 1.43. The number of aryl methyl sites for hydroxylation is 1. The van der Waals surface area contributed by atoms with Gasteiger partial charge in [0.2, 0.25) is 0 Å². The molecule has 0 radical (unpaired) electrons. The van der Waals surface area contributed by atoms with Crippen LogP contribution in [-0.4, -0.2) is 17.6 Å². The standard InChI is InChI=1S/C20H18FNO3S/c1-14-2-8-18(9-3-14)24-11-10-19(23)25-12-17-13-26-20(22-17)15-4-6-16(21)7-5-15/h2-9,13H,10-12H2,1H3. The summed E-state index contributed by atoms with van der Waals surface area (Å²) in [6.07, 6.45) is 0.169. The van der Waals surface area contributed by atoms with Crippen LogP contribution in [0.2, 0.25) is 0 Å². The van der Waals surface area contributed by atoms with Crippen molar-refractivity contribution < 1.29 is 18.7 Å². The van der Waals surface area contributed by atoms with E-state index in [1.807, 2.05) is 36.6 Å². The predicted octanol–water partition coefficient (Wildman–Crippen LogP) is 4.77. The van der Waals surface area contributed by atoms with Crippen LogP contribution >= 0.6 is 11.3 Å². The highest BCUT2D eigenvalue weighted by atomic mass is 32.1. The second kappa shape index (κ2) is 8.58. The third kappa shape index (κ3) is 5.13. The molecular weight excluding hydrogens is 353 g/mol. The molecule has 6 heteroatoms. The molecule has 2 aromatic carbocycles. The van der Waals surface area contributed by atoms with Crippen LogP contribution in [0.15, 0.2) is 53.9 Å². The number of carbonyl (C=O) groups excluding carboxylic acids is 1. The smallest absolute Gasteiger partial charge is 0.309 e. The van der Waals surface area contributed by atoms with E-state index in [4.69, 9.17) is 9.47 Å². The number of ether oxygens (including phenoxy) is 2. The first-order valence-electron chi connectivity index (χ1n) is 8.15. The summed E-state index contributed by atoms with van der Waals surface area (Å²) in [6.45, 7) is 2.38. The van der Waals surface area contributed by atoms with Gasteiger partial charge in [0.05, 0.1) is 18.7 Å². The summed E-state index contributed by atoms with van der Waals surface area (Å²) in [5, 5.41) is 2.59. The van der Waals surface area contributed by atoms with Crippen LogP contribution in [0.5, 0.6) is 5.75 Å². The van der Waals surface area contributed by atoms with E-state index in [-0.39, 0.29) is 31.4 Å². The topological polar surface area (TPSA) is 48.4 Å². The average Bonchev–Trinajstić information content (AvgIpc) is 3.11. The quantitative estimate of drug-likeness (QED) is 0.561. The molecule has 0 fully saturated rings. The summed E-state index contributed by atoms with van der Waals surface area (Å²) in [4.78, 5) is 16.2. The molecule has 0 saturated carbocycles. The van der Waals surface area contributed by atoms with Crippen molar-refractivity contribution in [1.29, 1.82) is 0 Å². The molecule has 0 saturated heterocycles. The first kappa shape index (κ1) is 18.1. The van der Waals surface area contributed by atoms with E-state index in [2.05, 4.69) is 4.98 Å². The zero-order chi connectivity index (χ0) is 18.4. The van der Waals surface area contributed by atoms with Crippen LogP contribution in [0.25, 0.3) is 10.6 Å². The van der Waals surface area contributed by atoms with Crippen LogP contribution in [0, 0.1) is 12.7 Å². The molecule has 4 nitrogen and oxygen atoms in total. The summed E-state index contributed by atoms with van der Waals surface area (Å²) in [7, 11) is 0. The Hall–Kier alpha value is -2.73. The van der Waals surface area contributed by atoms with E-state index in [9.17, 15) is 9.18 Å². The minimum absolute atomic E-state index is 0.112. The fraction of sp³-hybridized carbons (Fsp3) is 0.200. The number of nitrogens with zero attached hydrogens (tertiary/aromatic N) is 1. The zero-order valence-electron chi connectivity index (χ0n) is 14.3. The fourth-order valence-electron chi connectivity index (χ4n) is 2.21. The lowest BCUT2D eigenvalue weighted by Gasteiger charge is -2.06. The van der Waals surface area contributed by atoms with Crippen molar-refractivity contribution >= 4 is 17.3 Å². The van der Waals surface area contributed by atoms with Gasteiger partial charge in [0.25, 0.3) is 0 Å². The van der Waals surface area contributed by atoms with Crippen LogP contribution < -0.4 is 4.74 Å². The third-order valence-corrected chi connectivity index (χ3v) is 4.56. The number of benzene rings is 2. The lowest BCUT2D eigenvalue weighted by molar-refractivity contribution is -0.145. The molecule has 0 aliphatic heterocycles. The van der Waals surface area contributed by atoms with Crippen LogP contribution in [0.4, 0.5) is 4.39 Å². The highest BCUT2D eigenvalue weighted by Gasteiger charge is 2.08. The number of thiazole rings is 1. The Morgan fingerprint density at radius 1 is 1.12 bits per heavy atom. The number of rotatable bonds is 7. The maximum Gasteiger partial charge on any atom is 0.309 e. The van der Waals surface area contributed by atoms with E-state index in [1.165, 1.54) is 23.5 Å². The van der Waals surface area contributed by atoms with E-state index >= 15 is 0 Å². The Kier molecular flexibility index (Phi) is 5.96. The van der Waals surface area contributed by atoms with Gasteiger partial charge in [0.1, 0.15) is 23.2 Å². The Morgan fingerprint density at radius 3 is 2.58 bits per heavy atom. The van der Waals surface area contributed by atoms with Crippen molar-refractivity contribution in [3.8, 4) is 16.3 Å². The van der Waals surface area contributed by atoms with E-state index < -0.39 is 0 Å². The first-order valence-corrected chi connectivity index (χ1v) is 9.03. The first-order chi connectivity index (χ1) is 12.6. The van der Waals surface area contributed by atoms with Gasteiger partial charge in [-0.3, -0.25) is 4.79 Å².